The second-order valence-electron chi connectivity index (χ2n) is 4.83. The second kappa shape index (κ2) is 5.10. The van der Waals surface area contributed by atoms with E-state index in [1.807, 2.05) is 24.3 Å². The number of sulfonamides is 1. The van der Waals surface area contributed by atoms with Crippen LogP contribution in [0.25, 0.3) is 0 Å². The van der Waals surface area contributed by atoms with Crippen LogP contribution in [0.3, 0.4) is 0 Å². The van der Waals surface area contributed by atoms with Crippen molar-refractivity contribution in [2.75, 3.05) is 16.7 Å². The fraction of sp³-hybridized carbons (Fsp3) is 0.538. The molecule has 1 aliphatic rings. The highest BCUT2D eigenvalue weighted by atomic mass is 35.5. The van der Waals surface area contributed by atoms with Crippen molar-refractivity contribution in [2.45, 2.75) is 31.4 Å². The molecule has 2 atom stereocenters. The van der Waals surface area contributed by atoms with Crippen LogP contribution in [0.2, 0.25) is 0 Å². The third-order valence-electron chi connectivity index (χ3n) is 3.53. The molecule has 0 aromatic heterocycles. The molecule has 0 amide bonds. The fourth-order valence-corrected chi connectivity index (χ4v) is 4.15. The van der Waals surface area contributed by atoms with Crippen molar-refractivity contribution < 1.29 is 8.42 Å². The van der Waals surface area contributed by atoms with Gasteiger partial charge in [-0.3, -0.25) is 4.31 Å². The van der Waals surface area contributed by atoms with E-state index >= 15 is 0 Å². The Hall–Kier alpha value is -0.740. The Bertz CT molecular complexity index is 530. The van der Waals surface area contributed by atoms with Crippen molar-refractivity contribution in [3.8, 4) is 0 Å². The van der Waals surface area contributed by atoms with E-state index in [-0.39, 0.29) is 5.88 Å². The Morgan fingerprint density at radius 2 is 2.11 bits per heavy atom. The molecule has 0 radical (unpaired) electrons. The molecule has 0 bridgehead atoms. The smallest absolute Gasteiger partial charge is 0.238 e. The van der Waals surface area contributed by atoms with Crippen LogP contribution in [0.15, 0.2) is 24.3 Å². The van der Waals surface area contributed by atoms with E-state index in [1.54, 1.807) is 6.92 Å². The van der Waals surface area contributed by atoms with Crippen molar-refractivity contribution in [1.29, 1.82) is 0 Å². The number of fused-ring (bicyclic) bond motifs is 1. The van der Waals surface area contributed by atoms with Gasteiger partial charge >= 0.3 is 0 Å². The van der Waals surface area contributed by atoms with Crippen LogP contribution >= 0.6 is 11.6 Å². The lowest BCUT2D eigenvalue weighted by Gasteiger charge is -2.35. The maximum absolute atomic E-state index is 12.4. The summed E-state index contributed by atoms with van der Waals surface area (Å²) in [6.45, 7) is 4.33. The van der Waals surface area contributed by atoms with Gasteiger partial charge < -0.3 is 0 Å². The van der Waals surface area contributed by atoms with Gasteiger partial charge in [0.2, 0.25) is 10.0 Å². The summed E-state index contributed by atoms with van der Waals surface area (Å²) in [7, 11) is -3.35. The quantitative estimate of drug-likeness (QED) is 0.802. The molecule has 0 saturated heterocycles. The van der Waals surface area contributed by atoms with Crippen LogP contribution < -0.4 is 4.31 Å². The van der Waals surface area contributed by atoms with Crippen molar-refractivity contribution >= 4 is 27.3 Å². The summed E-state index contributed by atoms with van der Waals surface area (Å²) < 4.78 is 26.4. The van der Waals surface area contributed by atoms with Crippen molar-refractivity contribution in [2.24, 2.45) is 0 Å². The van der Waals surface area contributed by atoms with Gasteiger partial charge in [0.15, 0.2) is 0 Å². The van der Waals surface area contributed by atoms with Gasteiger partial charge in [0, 0.05) is 12.4 Å². The maximum Gasteiger partial charge on any atom is 0.238 e. The number of hydrogen-bond donors (Lipinski definition) is 0. The molecule has 1 aliphatic heterocycles. The minimum absolute atomic E-state index is 0.122. The third kappa shape index (κ3) is 2.24. The third-order valence-corrected chi connectivity index (χ3v) is 6.36. The normalized spacial score (nSPS) is 21.5. The largest absolute Gasteiger partial charge is 0.270 e. The Balaban J connectivity index is 2.47. The van der Waals surface area contributed by atoms with E-state index in [2.05, 4.69) is 6.92 Å². The molecular formula is C13H18ClNO2S. The Kier molecular flexibility index (Phi) is 3.87. The topological polar surface area (TPSA) is 37.4 Å². The lowest BCUT2D eigenvalue weighted by molar-refractivity contribution is 0.571. The molecule has 0 spiro atoms. The SMILES string of the molecule is CC1CCN(S(=O)(=O)C(C)CCl)c2ccccc21. The minimum atomic E-state index is -3.35. The van der Waals surface area contributed by atoms with Gasteiger partial charge in [0.1, 0.15) is 0 Å². The first kappa shape index (κ1) is 13.7. The molecule has 5 heteroatoms. The monoisotopic (exact) mass is 287 g/mol. The molecule has 1 aromatic rings. The van der Waals surface area contributed by atoms with Crippen LogP contribution in [0, 0.1) is 0 Å². The Morgan fingerprint density at radius 1 is 1.44 bits per heavy atom. The predicted octanol–water partition coefficient (Wildman–Crippen LogP) is 2.96. The molecular weight excluding hydrogens is 270 g/mol. The van der Waals surface area contributed by atoms with Crippen molar-refractivity contribution in [3.05, 3.63) is 29.8 Å². The number of anilines is 1. The molecule has 1 aromatic carbocycles. The zero-order valence-corrected chi connectivity index (χ0v) is 12.2. The van der Waals surface area contributed by atoms with Gasteiger partial charge in [-0.2, -0.15) is 0 Å². The van der Waals surface area contributed by atoms with Gasteiger partial charge in [-0.15, -0.1) is 11.6 Å². The molecule has 2 unspecified atom stereocenters. The minimum Gasteiger partial charge on any atom is -0.270 e. The highest BCUT2D eigenvalue weighted by molar-refractivity contribution is 7.93. The van der Waals surface area contributed by atoms with E-state index < -0.39 is 15.3 Å². The second-order valence-corrected chi connectivity index (χ2v) is 7.41. The molecule has 0 aliphatic carbocycles. The van der Waals surface area contributed by atoms with Crippen molar-refractivity contribution in [3.63, 3.8) is 0 Å². The first-order valence-corrected chi connectivity index (χ1v) is 8.18. The number of hydrogen-bond acceptors (Lipinski definition) is 2. The number of nitrogens with zero attached hydrogens (tertiary/aromatic N) is 1. The van der Waals surface area contributed by atoms with Crippen LogP contribution in [0.1, 0.15) is 31.7 Å². The number of rotatable bonds is 3. The maximum atomic E-state index is 12.4. The van der Waals surface area contributed by atoms with Crippen LogP contribution in [-0.2, 0) is 10.0 Å². The summed E-state index contributed by atoms with van der Waals surface area (Å²) in [6, 6.07) is 7.72. The first-order valence-electron chi connectivity index (χ1n) is 6.15. The molecule has 1 heterocycles. The average molecular weight is 288 g/mol. The van der Waals surface area contributed by atoms with E-state index in [9.17, 15) is 8.42 Å². The van der Waals surface area contributed by atoms with E-state index in [0.29, 0.717) is 12.5 Å². The molecule has 2 rings (SSSR count). The summed E-state index contributed by atoms with van der Waals surface area (Å²) in [5, 5.41) is -0.555. The molecule has 0 N–H and O–H groups in total. The molecule has 18 heavy (non-hydrogen) atoms. The zero-order chi connectivity index (χ0) is 13.3. The van der Waals surface area contributed by atoms with Gasteiger partial charge in [0.05, 0.1) is 10.9 Å². The number of benzene rings is 1. The van der Waals surface area contributed by atoms with Crippen LogP contribution in [0.4, 0.5) is 5.69 Å². The van der Waals surface area contributed by atoms with Crippen molar-refractivity contribution in [1.82, 2.24) is 0 Å². The van der Waals surface area contributed by atoms with E-state index in [1.165, 1.54) is 4.31 Å². The standard InChI is InChI=1S/C13H18ClNO2S/c1-10-7-8-15(18(16,17)11(2)9-14)13-6-4-3-5-12(10)13/h3-6,10-11H,7-9H2,1-2H3. The summed E-state index contributed by atoms with van der Waals surface area (Å²) in [5.74, 6) is 0.523. The highest BCUT2D eigenvalue weighted by Gasteiger charge is 2.33. The number of para-hydroxylation sites is 1. The lowest BCUT2D eigenvalue weighted by Crippen LogP contribution is -2.41. The molecule has 0 fully saturated rings. The summed E-state index contributed by atoms with van der Waals surface area (Å²) >= 11 is 5.71. The van der Waals surface area contributed by atoms with E-state index in [0.717, 1.165) is 17.7 Å². The fourth-order valence-electron chi connectivity index (χ4n) is 2.28. The molecule has 3 nitrogen and oxygen atoms in total. The Morgan fingerprint density at radius 3 is 2.78 bits per heavy atom. The summed E-state index contributed by atoms with van der Waals surface area (Å²) in [5.41, 5.74) is 1.92. The average Bonchev–Trinajstić information content (AvgIpc) is 2.38. The molecule has 0 saturated carbocycles. The van der Waals surface area contributed by atoms with Gasteiger partial charge in [-0.1, -0.05) is 25.1 Å². The number of halogens is 1. The first-order chi connectivity index (χ1) is 8.48. The van der Waals surface area contributed by atoms with Crippen LogP contribution in [0.5, 0.6) is 0 Å². The summed E-state index contributed by atoms with van der Waals surface area (Å²) in [6.07, 6.45) is 0.852. The summed E-state index contributed by atoms with van der Waals surface area (Å²) in [4.78, 5) is 0. The number of alkyl halides is 1. The van der Waals surface area contributed by atoms with Gasteiger partial charge in [-0.25, -0.2) is 8.42 Å². The van der Waals surface area contributed by atoms with Crippen LogP contribution in [-0.4, -0.2) is 26.1 Å². The lowest BCUT2D eigenvalue weighted by atomic mass is 9.93. The van der Waals surface area contributed by atoms with E-state index in [4.69, 9.17) is 11.6 Å². The highest BCUT2D eigenvalue weighted by Crippen LogP contribution is 2.37. The Labute approximate surface area is 114 Å². The predicted molar refractivity (Wildman–Crippen MR) is 75.9 cm³/mol. The molecule has 100 valence electrons. The van der Waals surface area contributed by atoms with Gasteiger partial charge in [-0.05, 0) is 30.9 Å². The zero-order valence-electron chi connectivity index (χ0n) is 10.6. The van der Waals surface area contributed by atoms with Gasteiger partial charge in [0.25, 0.3) is 0 Å².